The molecule has 0 heterocycles. The molecule has 0 bridgehead atoms. The average Bonchev–Trinajstić information content (AvgIpc) is 2.94. The number of rotatable bonds is 33. The van der Waals surface area contributed by atoms with E-state index in [1.807, 2.05) is 0 Å². The number of unbranched alkanes of at least 4 members (excludes halogenated alkanes) is 21. The molecule has 0 spiro atoms. The summed E-state index contributed by atoms with van der Waals surface area (Å²) in [6, 6.07) is 0. The second-order valence-electron chi connectivity index (χ2n) is 12.7. The van der Waals surface area contributed by atoms with E-state index in [0.717, 1.165) is 18.3 Å². The molecule has 39 heavy (non-hydrogen) atoms. The van der Waals surface area contributed by atoms with Crippen molar-refractivity contribution < 1.29 is 0 Å². The highest BCUT2D eigenvalue weighted by Crippen LogP contribution is 2.18. The van der Waals surface area contributed by atoms with E-state index in [0.29, 0.717) is 0 Å². The van der Waals surface area contributed by atoms with Crippen LogP contribution >= 0.6 is 11.6 Å². The van der Waals surface area contributed by atoms with Crippen molar-refractivity contribution in [3.8, 4) is 0 Å². The number of alkyl halides is 1. The van der Waals surface area contributed by atoms with E-state index in [1.165, 1.54) is 186 Å². The van der Waals surface area contributed by atoms with Crippen molar-refractivity contribution in [3.63, 3.8) is 0 Å². The van der Waals surface area contributed by atoms with Crippen molar-refractivity contribution in [1.29, 1.82) is 0 Å². The average molecular weight is 568 g/mol. The smallest absolute Gasteiger partial charge is 0.0351 e. The monoisotopic (exact) mass is 568 g/mol. The molecular formula is C37H74ClN. The van der Waals surface area contributed by atoms with Gasteiger partial charge in [0.15, 0.2) is 0 Å². The molecule has 0 N–H and O–H groups in total. The fourth-order valence-electron chi connectivity index (χ4n) is 5.81. The Morgan fingerprint density at radius 1 is 0.462 bits per heavy atom. The molecule has 0 radical (unpaired) electrons. The van der Waals surface area contributed by atoms with E-state index in [-0.39, 0.29) is 0 Å². The normalized spacial score (nSPS) is 12.7. The molecular weight excluding hydrogens is 494 g/mol. The van der Waals surface area contributed by atoms with Gasteiger partial charge in [0.05, 0.1) is 0 Å². The lowest BCUT2D eigenvalue weighted by Crippen LogP contribution is -2.28. The van der Waals surface area contributed by atoms with Crippen LogP contribution in [0.3, 0.4) is 0 Å². The summed E-state index contributed by atoms with van der Waals surface area (Å²) in [7, 11) is 0. The summed E-state index contributed by atoms with van der Waals surface area (Å²) in [5.74, 6) is 1.72. The maximum Gasteiger partial charge on any atom is 0.0351 e. The first-order valence-corrected chi connectivity index (χ1v) is 18.7. The van der Waals surface area contributed by atoms with Crippen molar-refractivity contribution >= 4 is 11.6 Å². The van der Waals surface area contributed by atoms with Gasteiger partial charge < -0.3 is 4.90 Å². The summed E-state index contributed by atoms with van der Waals surface area (Å²) >= 11 is 6.10. The SMILES string of the molecule is CCCCCCCC/C=C/CCCCCCCN(CCCl)CCCCCCCCC(C)CCCCCCCC. The van der Waals surface area contributed by atoms with Crippen LogP contribution in [0.25, 0.3) is 0 Å². The molecule has 1 unspecified atom stereocenters. The molecule has 2 heteroatoms. The first kappa shape index (κ1) is 39.0. The van der Waals surface area contributed by atoms with Crippen LogP contribution in [0.15, 0.2) is 12.2 Å². The summed E-state index contributed by atoms with van der Waals surface area (Å²) in [5, 5.41) is 0. The molecule has 0 aromatic carbocycles. The minimum atomic E-state index is 0.780. The molecule has 0 aliphatic rings. The quantitative estimate of drug-likeness (QED) is 0.0432. The maximum atomic E-state index is 6.10. The van der Waals surface area contributed by atoms with E-state index < -0.39 is 0 Å². The van der Waals surface area contributed by atoms with Gasteiger partial charge in [-0.1, -0.05) is 168 Å². The van der Waals surface area contributed by atoms with E-state index in [9.17, 15) is 0 Å². The highest BCUT2D eigenvalue weighted by Gasteiger charge is 2.05. The molecule has 0 saturated heterocycles. The lowest BCUT2D eigenvalue weighted by atomic mass is 9.96. The van der Waals surface area contributed by atoms with Crippen LogP contribution in [0, 0.1) is 5.92 Å². The van der Waals surface area contributed by atoms with E-state index >= 15 is 0 Å². The van der Waals surface area contributed by atoms with Gasteiger partial charge in [0.1, 0.15) is 0 Å². The zero-order valence-corrected chi connectivity index (χ0v) is 28.2. The van der Waals surface area contributed by atoms with Crippen LogP contribution in [0.4, 0.5) is 0 Å². The Kier molecular flexibility index (Phi) is 34.2. The summed E-state index contributed by atoms with van der Waals surface area (Å²) in [4.78, 5) is 2.63. The molecule has 0 amide bonds. The van der Waals surface area contributed by atoms with Gasteiger partial charge in [-0.3, -0.25) is 0 Å². The molecule has 0 rings (SSSR count). The van der Waals surface area contributed by atoms with Gasteiger partial charge in [0.2, 0.25) is 0 Å². The van der Waals surface area contributed by atoms with Crippen LogP contribution in [0.2, 0.25) is 0 Å². The highest BCUT2D eigenvalue weighted by atomic mass is 35.5. The molecule has 1 atom stereocenters. The fraction of sp³-hybridized carbons (Fsp3) is 0.946. The molecule has 234 valence electrons. The topological polar surface area (TPSA) is 3.24 Å². The summed E-state index contributed by atoms with van der Waals surface area (Å²) in [6.07, 6.45) is 42.8. The maximum absolute atomic E-state index is 6.10. The summed E-state index contributed by atoms with van der Waals surface area (Å²) < 4.78 is 0. The first-order valence-electron chi connectivity index (χ1n) is 18.2. The Bertz CT molecular complexity index is 462. The van der Waals surface area contributed by atoms with Crippen molar-refractivity contribution in [2.45, 2.75) is 194 Å². The van der Waals surface area contributed by atoms with Gasteiger partial charge in [-0.2, -0.15) is 0 Å². The van der Waals surface area contributed by atoms with E-state index in [4.69, 9.17) is 11.6 Å². The summed E-state index contributed by atoms with van der Waals surface area (Å²) in [6.45, 7) is 10.7. The third kappa shape index (κ3) is 32.4. The van der Waals surface area contributed by atoms with Crippen LogP contribution in [-0.2, 0) is 0 Å². The van der Waals surface area contributed by atoms with E-state index in [1.54, 1.807) is 0 Å². The largest absolute Gasteiger partial charge is 0.302 e. The predicted octanol–water partition coefficient (Wildman–Crippen LogP) is 13.3. The first-order chi connectivity index (χ1) is 19.2. The fourth-order valence-corrected chi connectivity index (χ4v) is 6.05. The molecule has 0 saturated carbocycles. The molecule has 0 aliphatic carbocycles. The van der Waals surface area contributed by atoms with Gasteiger partial charge in [0.25, 0.3) is 0 Å². The third-order valence-corrected chi connectivity index (χ3v) is 8.78. The Balaban J connectivity index is 3.49. The Morgan fingerprint density at radius 3 is 1.23 bits per heavy atom. The number of nitrogens with zero attached hydrogens (tertiary/aromatic N) is 1. The van der Waals surface area contributed by atoms with Crippen LogP contribution in [0.1, 0.15) is 194 Å². The lowest BCUT2D eigenvalue weighted by Gasteiger charge is -2.21. The van der Waals surface area contributed by atoms with Crippen molar-refractivity contribution in [3.05, 3.63) is 12.2 Å². The van der Waals surface area contributed by atoms with Crippen molar-refractivity contribution in [1.82, 2.24) is 4.90 Å². The van der Waals surface area contributed by atoms with Gasteiger partial charge in [-0.25, -0.2) is 0 Å². The number of halogens is 1. The number of hydrogen-bond donors (Lipinski definition) is 0. The van der Waals surface area contributed by atoms with Gasteiger partial charge in [-0.05, 0) is 57.5 Å². The minimum absolute atomic E-state index is 0.780. The Morgan fingerprint density at radius 2 is 0.821 bits per heavy atom. The zero-order chi connectivity index (χ0) is 28.5. The van der Waals surface area contributed by atoms with Crippen LogP contribution < -0.4 is 0 Å². The molecule has 0 aromatic rings. The number of allylic oxidation sites excluding steroid dienone is 2. The second kappa shape index (κ2) is 34.2. The van der Waals surface area contributed by atoms with Crippen molar-refractivity contribution in [2.75, 3.05) is 25.5 Å². The van der Waals surface area contributed by atoms with Gasteiger partial charge >= 0.3 is 0 Å². The standard InChI is InChI=1S/C37H74ClN/c1-4-6-8-10-12-13-14-15-16-17-18-19-21-25-29-34-39(36-33-38)35-30-26-22-20-24-28-32-37(3)31-27-23-11-9-7-5-2/h15-16,37H,4-14,17-36H2,1-3H3/b16-15+. The minimum Gasteiger partial charge on any atom is -0.302 e. The number of hydrogen-bond acceptors (Lipinski definition) is 1. The molecule has 0 fully saturated rings. The second-order valence-corrected chi connectivity index (χ2v) is 13.1. The Hall–Kier alpha value is -0.0100. The predicted molar refractivity (Wildman–Crippen MR) is 181 cm³/mol. The lowest BCUT2D eigenvalue weighted by molar-refractivity contribution is 0.274. The highest BCUT2D eigenvalue weighted by molar-refractivity contribution is 6.18. The Labute approximate surface area is 253 Å². The zero-order valence-electron chi connectivity index (χ0n) is 27.5. The van der Waals surface area contributed by atoms with E-state index in [2.05, 4.69) is 37.8 Å². The van der Waals surface area contributed by atoms with Crippen LogP contribution in [-0.4, -0.2) is 30.4 Å². The third-order valence-electron chi connectivity index (χ3n) is 8.61. The molecule has 1 nitrogen and oxygen atoms in total. The van der Waals surface area contributed by atoms with Crippen molar-refractivity contribution in [2.24, 2.45) is 5.92 Å². The summed E-state index contributed by atoms with van der Waals surface area (Å²) in [5.41, 5.74) is 0. The molecule has 0 aliphatic heterocycles. The molecule has 0 aromatic heterocycles. The van der Waals surface area contributed by atoms with Crippen LogP contribution in [0.5, 0.6) is 0 Å². The van der Waals surface area contributed by atoms with Gasteiger partial charge in [-0.15, -0.1) is 11.6 Å². The van der Waals surface area contributed by atoms with Gasteiger partial charge in [0, 0.05) is 12.4 Å².